The first-order valence-electron chi connectivity index (χ1n) is 10.3. The zero-order valence-corrected chi connectivity index (χ0v) is 18.0. The molecule has 0 bridgehead atoms. The van der Waals surface area contributed by atoms with Gasteiger partial charge in [-0.15, -0.1) is 0 Å². The van der Waals surface area contributed by atoms with E-state index in [1.54, 1.807) is 50.4 Å². The molecule has 3 amide bonds. The molecule has 8 heteroatoms. The molecule has 0 radical (unpaired) electrons. The first-order valence-corrected chi connectivity index (χ1v) is 10.3. The summed E-state index contributed by atoms with van der Waals surface area (Å²) >= 11 is 0. The number of nitrogens with one attached hydrogen (secondary N) is 1. The number of carbonyl (C=O) groups is 3. The highest BCUT2D eigenvalue weighted by Gasteiger charge is 2.47. The van der Waals surface area contributed by atoms with Crippen LogP contribution in [0.5, 0.6) is 0 Å². The second kappa shape index (κ2) is 8.54. The Balaban J connectivity index is 1.73. The largest absolute Gasteiger partial charge is 0.344 e. The maximum atomic E-state index is 15.8. The second-order valence-corrected chi connectivity index (χ2v) is 8.25. The van der Waals surface area contributed by atoms with Gasteiger partial charge in [0.15, 0.2) is 12.2 Å². The third-order valence-electron chi connectivity index (χ3n) is 5.58. The lowest BCUT2D eigenvalue weighted by atomic mass is 9.96. The van der Waals surface area contributed by atoms with Crippen LogP contribution in [0.3, 0.4) is 0 Å². The highest BCUT2D eigenvalue weighted by Crippen LogP contribution is 2.33. The fourth-order valence-corrected chi connectivity index (χ4v) is 3.85. The number of aromatic nitrogens is 1. The lowest BCUT2D eigenvalue weighted by Gasteiger charge is -2.33. The van der Waals surface area contributed by atoms with Gasteiger partial charge in [0.2, 0.25) is 5.91 Å². The molecule has 2 heterocycles. The van der Waals surface area contributed by atoms with Crippen LogP contribution in [0.25, 0.3) is 0 Å². The molecule has 0 saturated carbocycles. The Hall–Kier alpha value is -3.94. The molecule has 4 rings (SSSR count). The number of imide groups is 1. The van der Waals surface area contributed by atoms with E-state index in [-0.39, 0.29) is 16.7 Å². The van der Waals surface area contributed by atoms with Gasteiger partial charge in [0, 0.05) is 6.20 Å². The minimum atomic E-state index is -2.09. The molecule has 3 aromatic rings. The maximum Gasteiger partial charge on any atom is 0.262 e. The van der Waals surface area contributed by atoms with Crippen LogP contribution in [0, 0.1) is 5.82 Å². The summed E-state index contributed by atoms with van der Waals surface area (Å²) in [4.78, 5) is 44.5. The molecule has 0 spiro atoms. The number of rotatable bonds is 6. The highest BCUT2D eigenvalue weighted by molar-refractivity contribution is 6.23. The molecular weight excluding hydrogens is 428 g/mol. The molecule has 0 unspecified atom stereocenters. The Labute approximate surface area is 189 Å². The number of carbonyl (C=O) groups excluding carboxylic acids is 3. The average Bonchev–Trinajstić information content (AvgIpc) is 3.05. The predicted octanol–water partition coefficient (Wildman–Crippen LogP) is 3.95. The molecule has 2 atom stereocenters. The van der Waals surface area contributed by atoms with Crippen molar-refractivity contribution in [3.8, 4) is 0 Å². The summed E-state index contributed by atoms with van der Waals surface area (Å²) in [6.45, 7) is 3.36. The summed E-state index contributed by atoms with van der Waals surface area (Å²) in [5, 5.41) is 2.72. The van der Waals surface area contributed by atoms with E-state index in [4.69, 9.17) is 0 Å². The predicted molar refractivity (Wildman–Crippen MR) is 116 cm³/mol. The molecule has 33 heavy (non-hydrogen) atoms. The summed E-state index contributed by atoms with van der Waals surface area (Å²) in [6.07, 6.45) is -0.534. The van der Waals surface area contributed by atoms with Crippen LogP contribution in [-0.2, 0) is 10.3 Å². The Morgan fingerprint density at radius 3 is 2.06 bits per heavy atom. The fourth-order valence-electron chi connectivity index (χ4n) is 3.85. The molecule has 168 valence electrons. The van der Waals surface area contributed by atoms with Gasteiger partial charge in [-0.1, -0.05) is 30.3 Å². The summed E-state index contributed by atoms with van der Waals surface area (Å²) < 4.78 is 29.2. The van der Waals surface area contributed by atoms with Crippen molar-refractivity contribution in [3.05, 3.63) is 101 Å². The minimum Gasteiger partial charge on any atom is -0.344 e. The number of fused-ring (bicyclic) bond motifs is 1. The van der Waals surface area contributed by atoms with E-state index in [9.17, 15) is 18.8 Å². The van der Waals surface area contributed by atoms with Crippen molar-refractivity contribution < 1.29 is 23.2 Å². The number of pyridine rings is 1. The van der Waals surface area contributed by atoms with Crippen LogP contribution in [0.2, 0.25) is 0 Å². The fraction of sp³-hybridized carbons (Fsp3) is 0.200. The molecule has 0 fully saturated rings. The van der Waals surface area contributed by atoms with Crippen LogP contribution >= 0.6 is 0 Å². The van der Waals surface area contributed by atoms with Crippen LogP contribution < -0.4 is 5.32 Å². The quantitative estimate of drug-likeness (QED) is 0.578. The Bertz CT molecular complexity index is 1180. The van der Waals surface area contributed by atoms with E-state index in [1.807, 2.05) is 0 Å². The number of hydrogen-bond donors (Lipinski definition) is 1. The topological polar surface area (TPSA) is 79.4 Å². The third kappa shape index (κ3) is 4.11. The molecule has 0 aliphatic carbocycles. The zero-order chi connectivity index (χ0) is 23.8. The number of benzene rings is 2. The van der Waals surface area contributed by atoms with E-state index in [0.717, 1.165) is 12.1 Å². The smallest absolute Gasteiger partial charge is 0.262 e. The zero-order valence-electron chi connectivity index (χ0n) is 18.0. The van der Waals surface area contributed by atoms with Crippen molar-refractivity contribution in [2.24, 2.45) is 0 Å². The molecular formula is C25H21F2N3O3. The van der Waals surface area contributed by atoms with Crippen molar-refractivity contribution in [1.29, 1.82) is 0 Å². The Morgan fingerprint density at radius 2 is 1.52 bits per heavy atom. The van der Waals surface area contributed by atoms with Crippen molar-refractivity contribution in [1.82, 2.24) is 15.2 Å². The third-order valence-corrected chi connectivity index (χ3v) is 5.58. The SMILES string of the molecule is CC(C)(NC(=O)[C@H]([C@@H](F)c1ccc(F)cc1)N1C(=O)c2ccccc2C1=O)c1ccccn1. The van der Waals surface area contributed by atoms with Crippen LogP contribution in [0.1, 0.15) is 52.0 Å². The molecule has 1 N–H and O–H groups in total. The first kappa shape index (κ1) is 22.3. The van der Waals surface area contributed by atoms with Gasteiger partial charge in [-0.3, -0.25) is 24.3 Å². The minimum absolute atomic E-state index is 0.0382. The molecule has 1 aliphatic rings. The lowest BCUT2D eigenvalue weighted by molar-refractivity contribution is -0.129. The number of amides is 3. The maximum absolute atomic E-state index is 15.8. The molecule has 1 aliphatic heterocycles. The summed E-state index contributed by atoms with van der Waals surface area (Å²) in [5.74, 6) is -2.99. The highest BCUT2D eigenvalue weighted by atomic mass is 19.1. The van der Waals surface area contributed by atoms with Gasteiger partial charge in [0.05, 0.1) is 22.4 Å². The molecule has 2 aromatic carbocycles. The average molecular weight is 449 g/mol. The van der Waals surface area contributed by atoms with Crippen LogP contribution in [0.4, 0.5) is 8.78 Å². The number of nitrogens with zero attached hydrogens (tertiary/aromatic N) is 2. The molecule has 1 aromatic heterocycles. The van der Waals surface area contributed by atoms with Crippen molar-refractivity contribution >= 4 is 17.7 Å². The van der Waals surface area contributed by atoms with E-state index in [2.05, 4.69) is 10.3 Å². The van der Waals surface area contributed by atoms with E-state index >= 15 is 4.39 Å². The van der Waals surface area contributed by atoms with Gasteiger partial charge < -0.3 is 5.32 Å². The summed E-state index contributed by atoms with van der Waals surface area (Å²) in [6, 6.07) is 13.9. The normalized spacial score (nSPS) is 15.2. The standard InChI is InChI=1S/C25H21F2N3O3/c1-25(2,19-9-5-6-14-28-19)29-22(31)21(20(27)15-10-12-16(26)13-11-15)30-23(32)17-7-3-4-8-18(17)24(30)33/h3-14,20-21H,1-2H3,(H,29,31)/t20-,21-/m0/s1. The first-order chi connectivity index (χ1) is 15.7. The van der Waals surface area contributed by atoms with Gasteiger partial charge in [0.1, 0.15) is 5.82 Å². The van der Waals surface area contributed by atoms with Crippen molar-refractivity contribution in [2.45, 2.75) is 31.6 Å². The number of alkyl halides is 1. The summed E-state index contributed by atoms with van der Waals surface area (Å²) in [5.41, 5.74) is -0.371. The lowest BCUT2D eigenvalue weighted by Crippen LogP contribution is -2.55. The molecule has 0 saturated heterocycles. The van der Waals surface area contributed by atoms with E-state index in [1.165, 1.54) is 24.3 Å². The van der Waals surface area contributed by atoms with Crippen LogP contribution in [-0.4, -0.2) is 33.6 Å². The van der Waals surface area contributed by atoms with Crippen molar-refractivity contribution in [3.63, 3.8) is 0 Å². The second-order valence-electron chi connectivity index (χ2n) is 8.25. The van der Waals surface area contributed by atoms with Gasteiger partial charge in [-0.05, 0) is 55.8 Å². The molecule has 6 nitrogen and oxygen atoms in total. The van der Waals surface area contributed by atoms with Gasteiger partial charge in [-0.2, -0.15) is 0 Å². The van der Waals surface area contributed by atoms with E-state index in [0.29, 0.717) is 10.6 Å². The van der Waals surface area contributed by atoms with Crippen molar-refractivity contribution in [2.75, 3.05) is 0 Å². The van der Waals surface area contributed by atoms with Gasteiger partial charge >= 0.3 is 0 Å². The van der Waals surface area contributed by atoms with Crippen LogP contribution in [0.15, 0.2) is 72.9 Å². The summed E-state index contributed by atoms with van der Waals surface area (Å²) in [7, 11) is 0. The Kier molecular flexibility index (Phi) is 5.76. The number of hydrogen-bond acceptors (Lipinski definition) is 4. The monoisotopic (exact) mass is 449 g/mol. The van der Waals surface area contributed by atoms with Gasteiger partial charge in [-0.25, -0.2) is 8.78 Å². The Morgan fingerprint density at radius 1 is 0.939 bits per heavy atom. The van der Waals surface area contributed by atoms with E-state index < -0.39 is 41.3 Å². The number of halogens is 2. The van der Waals surface area contributed by atoms with Gasteiger partial charge in [0.25, 0.3) is 11.8 Å².